The van der Waals surface area contributed by atoms with Crippen LogP contribution in [0.2, 0.25) is 0 Å². The lowest BCUT2D eigenvalue weighted by Crippen LogP contribution is -2.14. The number of alkyl halides is 2. The van der Waals surface area contributed by atoms with Gasteiger partial charge in [-0.3, -0.25) is 0 Å². The Hall–Kier alpha value is -0.670. The number of carbonyl (C=O) groups excluding carboxylic acids is 1. The predicted octanol–water partition coefficient (Wildman–Crippen LogP) is 1.20. The van der Waals surface area contributed by atoms with Gasteiger partial charge in [-0.05, 0) is 6.42 Å². The number of carbonyl (C=O) groups is 1. The second kappa shape index (κ2) is 4.23. The van der Waals surface area contributed by atoms with Gasteiger partial charge in [0.1, 0.15) is 0 Å². The van der Waals surface area contributed by atoms with Crippen LogP contribution in [0.3, 0.4) is 0 Å². The fraction of sp³-hybridized carbons (Fsp3) is 0.800. The van der Waals surface area contributed by atoms with Crippen LogP contribution in [0.1, 0.15) is 13.3 Å². The maximum absolute atomic E-state index is 11.3. The van der Waals surface area contributed by atoms with Crippen LogP contribution in [0, 0.1) is 0 Å². The molecule has 0 aliphatic heterocycles. The van der Waals surface area contributed by atoms with Crippen molar-refractivity contribution in [1.29, 1.82) is 0 Å². The molecular formula is C5H8F2O2. The molecule has 0 aromatic rings. The van der Waals surface area contributed by atoms with Crippen molar-refractivity contribution in [2.45, 2.75) is 19.8 Å². The van der Waals surface area contributed by atoms with Crippen LogP contribution in [-0.2, 0) is 9.53 Å². The Kier molecular flexibility index (Phi) is 3.92. The fourth-order valence-electron chi connectivity index (χ4n) is 0.266. The number of hydrogen-bond donors (Lipinski definition) is 0. The Morgan fingerprint density at radius 2 is 2.22 bits per heavy atom. The maximum Gasteiger partial charge on any atom is 0.373 e. The second-order valence-corrected chi connectivity index (χ2v) is 1.47. The molecule has 0 aromatic carbocycles. The summed E-state index contributed by atoms with van der Waals surface area (Å²) in [6.45, 7) is 1.81. The van der Waals surface area contributed by atoms with Crippen LogP contribution < -0.4 is 0 Å². The molecule has 0 amide bonds. The van der Waals surface area contributed by atoms with Crippen molar-refractivity contribution in [2.24, 2.45) is 0 Å². The smallest absolute Gasteiger partial charge is 0.373 e. The summed E-state index contributed by atoms with van der Waals surface area (Å²) in [5, 5.41) is 0. The molecule has 0 rings (SSSR count). The lowest BCUT2D eigenvalue weighted by Gasteiger charge is -1.99. The van der Waals surface area contributed by atoms with E-state index in [2.05, 4.69) is 4.74 Å². The third-order valence-corrected chi connectivity index (χ3v) is 0.627. The van der Waals surface area contributed by atoms with E-state index in [-0.39, 0.29) is 6.61 Å². The average Bonchev–Trinajstić information content (AvgIpc) is 1.82. The van der Waals surface area contributed by atoms with Crippen molar-refractivity contribution < 1.29 is 18.3 Å². The van der Waals surface area contributed by atoms with Gasteiger partial charge in [-0.2, -0.15) is 8.78 Å². The lowest BCUT2D eigenvalue weighted by atomic mass is 10.5. The van der Waals surface area contributed by atoms with Gasteiger partial charge < -0.3 is 4.74 Å². The molecule has 4 heteroatoms. The number of esters is 1. The summed E-state index contributed by atoms with van der Waals surface area (Å²) in [5.41, 5.74) is 0. The molecule has 54 valence electrons. The highest BCUT2D eigenvalue weighted by atomic mass is 19.3. The standard InChI is InChI=1S/C5H8F2O2/c1-2-3-9-5(8)4(6)7/h4H,2-3H2,1H3. The van der Waals surface area contributed by atoms with Crippen LogP contribution >= 0.6 is 0 Å². The molecule has 0 aromatic heterocycles. The molecule has 0 heterocycles. The van der Waals surface area contributed by atoms with E-state index in [1.165, 1.54) is 0 Å². The quantitative estimate of drug-likeness (QED) is 0.548. The van der Waals surface area contributed by atoms with Gasteiger partial charge >= 0.3 is 12.4 Å². The van der Waals surface area contributed by atoms with Gasteiger partial charge in [0.2, 0.25) is 0 Å². The first kappa shape index (κ1) is 8.33. The zero-order valence-corrected chi connectivity index (χ0v) is 5.06. The van der Waals surface area contributed by atoms with Gasteiger partial charge in [0, 0.05) is 0 Å². The highest BCUT2D eigenvalue weighted by molar-refractivity contribution is 5.72. The van der Waals surface area contributed by atoms with E-state index in [0.717, 1.165) is 0 Å². The number of ether oxygens (including phenoxy) is 1. The van der Waals surface area contributed by atoms with Gasteiger partial charge in [-0.25, -0.2) is 4.79 Å². The molecule has 0 saturated carbocycles. The lowest BCUT2D eigenvalue weighted by molar-refractivity contribution is -0.156. The molecule has 2 nitrogen and oxygen atoms in total. The monoisotopic (exact) mass is 138 g/mol. The molecule has 0 aliphatic carbocycles. The minimum absolute atomic E-state index is 0.0726. The van der Waals surface area contributed by atoms with E-state index >= 15 is 0 Å². The molecule has 0 unspecified atom stereocenters. The summed E-state index contributed by atoms with van der Waals surface area (Å²) in [6.07, 6.45) is -2.42. The molecule has 0 spiro atoms. The molecule has 9 heavy (non-hydrogen) atoms. The van der Waals surface area contributed by atoms with Gasteiger partial charge in [0.25, 0.3) is 0 Å². The molecule has 0 N–H and O–H groups in total. The summed E-state index contributed by atoms with van der Waals surface area (Å²) in [4.78, 5) is 9.93. The Bertz CT molecular complexity index is 93.0. The summed E-state index contributed by atoms with van der Waals surface area (Å²) in [5.74, 6) is -1.43. The first-order chi connectivity index (χ1) is 4.18. The van der Waals surface area contributed by atoms with E-state index in [9.17, 15) is 13.6 Å². The number of rotatable bonds is 3. The predicted molar refractivity (Wildman–Crippen MR) is 27.3 cm³/mol. The second-order valence-electron chi connectivity index (χ2n) is 1.47. The van der Waals surface area contributed by atoms with Gasteiger partial charge in [-0.1, -0.05) is 6.92 Å². The fourth-order valence-corrected chi connectivity index (χ4v) is 0.266. The van der Waals surface area contributed by atoms with Gasteiger partial charge in [0.15, 0.2) is 0 Å². The van der Waals surface area contributed by atoms with Crippen molar-refractivity contribution >= 4 is 5.97 Å². The highest BCUT2D eigenvalue weighted by Gasteiger charge is 2.15. The molecule has 0 saturated heterocycles. The summed E-state index contributed by atoms with van der Waals surface area (Å²) in [6, 6.07) is 0. The summed E-state index contributed by atoms with van der Waals surface area (Å²) in [7, 11) is 0. The highest BCUT2D eigenvalue weighted by Crippen LogP contribution is 1.95. The summed E-state index contributed by atoms with van der Waals surface area (Å²) < 4.78 is 26.6. The van der Waals surface area contributed by atoms with Crippen molar-refractivity contribution in [1.82, 2.24) is 0 Å². The minimum Gasteiger partial charge on any atom is -0.462 e. The topological polar surface area (TPSA) is 26.3 Å². The Labute approximate surface area is 51.8 Å². The molecule has 0 radical (unpaired) electrons. The SMILES string of the molecule is CCCOC(=O)C(F)F. The Morgan fingerprint density at radius 1 is 1.67 bits per heavy atom. The van der Waals surface area contributed by atoms with E-state index in [1.807, 2.05) is 0 Å². The third kappa shape index (κ3) is 3.88. The zero-order valence-electron chi connectivity index (χ0n) is 5.06. The molecule has 0 aliphatic rings. The normalized spacial score (nSPS) is 9.78. The van der Waals surface area contributed by atoms with E-state index in [4.69, 9.17) is 0 Å². The van der Waals surface area contributed by atoms with Crippen molar-refractivity contribution in [3.8, 4) is 0 Å². The van der Waals surface area contributed by atoms with Crippen molar-refractivity contribution in [3.05, 3.63) is 0 Å². The first-order valence-electron chi connectivity index (χ1n) is 2.63. The molecule has 0 atom stereocenters. The van der Waals surface area contributed by atoms with E-state index in [1.54, 1.807) is 6.92 Å². The maximum atomic E-state index is 11.3. The molecular weight excluding hydrogens is 130 g/mol. The van der Waals surface area contributed by atoms with Crippen LogP contribution in [0.15, 0.2) is 0 Å². The van der Waals surface area contributed by atoms with Crippen molar-refractivity contribution in [3.63, 3.8) is 0 Å². The van der Waals surface area contributed by atoms with Crippen LogP contribution in [0.25, 0.3) is 0 Å². The van der Waals surface area contributed by atoms with Crippen LogP contribution in [0.4, 0.5) is 8.78 Å². The van der Waals surface area contributed by atoms with Crippen LogP contribution in [0.5, 0.6) is 0 Å². The molecule has 0 bridgehead atoms. The first-order valence-corrected chi connectivity index (χ1v) is 2.63. The summed E-state index contributed by atoms with van der Waals surface area (Å²) >= 11 is 0. The molecule has 0 fully saturated rings. The van der Waals surface area contributed by atoms with Crippen molar-refractivity contribution in [2.75, 3.05) is 6.61 Å². The van der Waals surface area contributed by atoms with E-state index in [0.29, 0.717) is 6.42 Å². The Balaban J connectivity index is 3.28. The van der Waals surface area contributed by atoms with Gasteiger partial charge in [-0.15, -0.1) is 0 Å². The van der Waals surface area contributed by atoms with Gasteiger partial charge in [0.05, 0.1) is 6.61 Å². The van der Waals surface area contributed by atoms with E-state index < -0.39 is 12.4 Å². The average molecular weight is 138 g/mol. The third-order valence-electron chi connectivity index (χ3n) is 0.627. The van der Waals surface area contributed by atoms with Crippen LogP contribution in [-0.4, -0.2) is 19.0 Å². The number of hydrogen-bond acceptors (Lipinski definition) is 2. The number of halogens is 2. The largest absolute Gasteiger partial charge is 0.462 e. The zero-order chi connectivity index (χ0) is 7.28. The minimum atomic E-state index is -2.99. The Morgan fingerprint density at radius 3 is 2.56 bits per heavy atom.